The fourth-order valence-corrected chi connectivity index (χ4v) is 1.69. The normalized spacial score (nSPS) is 19.6. The predicted molar refractivity (Wildman–Crippen MR) is 59.8 cm³/mol. The van der Waals surface area contributed by atoms with Gasteiger partial charge >= 0.3 is 5.97 Å². The molecule has 4 N–H and O–H groups in total. The summed E-state index contributed by atoms with van der Waals surface area (Å²) in [6.07, 6.45) is 3.77. The second-order valence-corrected chi connectivity index (χ2v) is 4.65. The van der Waals surface area contributed by atoms with Gasteiger partial charge in [-0.05, 0) is 32.1 Å². The molecule has 0 aromatic rings. The number of hydrogen-bond acceptors (Lipinski definition) is 3. The first-order valence-electron chi connectivity index (χ1n) is 5.76. The summed E-state index contributed by atoms with van der Waals surface area (Å²) in [6.45, 7) is 2.18. The Morgan fingerprint density at radius 1 is 1.50 bits per heavy atom. The van der Waals surface area contributed by atoms with Crippen LogP contribution >= 0.6 is 0 Å². The fourth-order valence-electron chi connectivity index (χ4n) is 1.69. The van der Waals surface area contributed by atoms with Crippen LogP contribution in [-0.4, -0.2) is 29.1 Å². The fraction of sp³-hybridized carbons (Fsp3) is 0.818. The number of carbonyl (C=O) groups is 2. The number of rotatable bonds is 6. The minimum Gasteiger partial charge on any atom is -0.481 e. The molecule has 1 unspecified atom stereocenters. The van der Waals surface area contributed by atoms with Gasteiger partial charge in [0.25, 0.3) is 0 Å². The molecule has 92 valence electrons. The van der Waals surface area contributed by atoms with E-state index < -0.39 is 11.5 Å². The largest absolute Gasteiger partial charge is 0.481 e. The summed E-state index contributed by atoms with van der Waals surface area (Å²) in [5.41, 5.74) is 5.18. The molecule has 5 heteroatoms. The van der Waals surface area contributed by atoms with Gasteiger partial charge in [0.2, 0.25) is 5.91 Å². The van der Waals surface area contributed by atoms with Gasteiger partial charge in [0, 0.05) is 6.54 Å². The van der Waals surface area contributed by atoms with Crippen LogP contribution in [-0.2, 0) is 9.59 Å². The second kappa shape index (κ2) is 5.30. The zero-order valence-electron chi connectivity index (χ0n) is 9.66. The Labute approximate surface area is 95.4 Å². The van der Waals surface area contributed by atoms with E-state index >= 15 is 0 Å². The molecule has 0 aliphatic heterocycles. The minimum absolute atomic E-state index is 0.0956. The lowest BCUT2D eigenvalue weighted by Gasteiger charge is -2.36. The number of hydrogen-bond donors (Lipinski definition) is 3. The number of aliphatic carboxylic acids is 1. The Morgan fingerprint density at radius 2 is 2.12 bits per heavy atom. The monoisotopic (exact) mass is 228 g/mol. The third kappa shape index (κ3) is 3.20. The highest BCUT2D eigenvalue weighted by atomic mass is 16.4. The van der Waals surface area contributed by atoms with Gasteiger partial charge in [-0.2, -0.15) is 0 Å². The summed E-state index contributed by atoms with van der Waals surface area (Å²) in [5, 5.41) is 11.4. The van der Waals surface area contributed by atoms with Gasteiger partial charge in [0.1, 0.15) is 0 Å². The molecule has 0 bridgehead atoms. The maximum atomic E-state index is 11.6. The van der Waals surface area contributed by atoms with Gasteiger partial charge in [-0.15, -0.1) is 0 Å². The zero-order chi connectivity index (χ0) is 12.2. The molecule has 0 spiro atoms. The van der Waals surface area contributed by atoms with Gasteiger partial charge in [0.05, 0.1) is 11.5 Å². The first kappa shape index (κ1) is 13.0. The molecule has 1 aliphatic rings. The van der Waals surface area contributed by atoms with Gasteiger partial charge < -0.3 is 16.2 Å². The zero-order valence-corrected chi connectivity index (χ0v) is 9.66. The molecule has 1 atom stereocenters. The van der Waals surface area contributed by atoms with Crippen molar-refractivity contribution < 1.29 is 14.7 Å². The van der Waals surface area contributed by atoms with E-state index in [0.29, 0.717) is 19.4 Å². The van der Waals surface area contributed by atoms with Crippen molar-refractivity contribution in [3.05, 3.63) is 0 Å². The number of nitrogens with two attached hydrogens (primary N) is 1. The topological polar surface area (TPSA) is 92.4 Å². The SMILES string of the molecule is CC(CCCNC(=O)C1(N)CCC1)C(=O)O. The van der Waals surface area contributed by atoms with Crippen LogP contribution in [0.4, 0.5) is 0 Å². The molecule has 1 fully saturated rings. The molecule has 0 saturated heterocycles. The first-order valence-corrected chi connectivity index (χ1v) is 5.76. The maximum absolute atomic E-state index is 11.6. The highest BCUT2D eigenvalue weighted by molar-refractivity contribution is 5.86. The number of carboxylic acids is 1. The van der Waals surface area contributed by atoms with E-state index in [1.54, 1.807) is 6.92 Å². The van der Waals surface area contributed by atoms with Crippen molar-refractivity contribution in [2.75, 3.05) is 6.54 Å². The van der Waals surface area contributed by atoms with Gasteiger partial charge in [-0.1, -0.05) is 6.92 Å². The molecule has 0 aromatic carbocycles. The standard InChI is InChI=1S/C11H20N2O3/c1-8(9(14)15)4-2-7-13-10(16)11(12)5-3-6-11/h8H,2-7,12H2,1H3,(H,13,16)(H,14,15). The quantitative estimate of drug-likeness (QED) is 0.577. The number of amides is 1. The molecule has 16 heavy (non-hydrogen) atoms. The highest BCUT2D eigenvalue weighted by Gasteiger charge is 2.39. The molecule has 1 aliphatic carbocycles. The van der Waals surface area contributed by atoms with Gasteiger partial charge in [-0.25, -0.2) is 0 Å². The molecule has 0 aromatic heterocycles. The van der Waals surface area contributed by atoms with E-state index in [0.717, 1.165) is 19.3 Å². The van der Waals surface area contributed by atoms with Crippen molar-refractivity contribution in [1.82, 2.24) is 5.32 Å². The van der Waals surface area contributed by atoms with Crippen molar-refractivity contribution >= 4 is 11.9 Å². The Morgan fingerprint density at radius 3 is 2.56 bits per heavy atom. The lowest BCUT2D eigenvalue weighted by molar-refractivity contribution is -0.141. The summed E-state index contributed by atoms with van der Waals surface area (Å²) in [7, 11) is 0. The van der Waals surface area contributed by atoms with Gasteiger partial charge in [-0.3, -0.25) is 9.59 Å². The Balaban J connectivity index is 2.11. The lowest BCUT2D eigenvalue weighted by Crippen LogP contribution is -2.58. The number of carbonyl (C=O) groups excluding carboxylic acids is 1. The van der Waals surface area contributed by atoms with Gasteiger partial charge in [0.15, 0.2) is 0 Å². The Bertz CT molecular complexity index is 274. The average Bonchev–Trinajstić information content (AvgIpc) is 2.19. The maximum Gasteiger partial charge on any atom is 0.306 e. The van der Waals surface area contributed by atoms with E-state index in [1.165, 1.54) is 0 Å². The Hall–Kier alpha value is -1.10. The minimum atomic E-state index is -0.791. The predicted octanol–water partition coefficient (Wildman–Crippen LogP) is 0.485. The number of nitrogens with one attached hydrogen (secondary N) is 1. The molecular formula is C11H20N2O3. The van der Waals surface area contributed by atoms with Crippen LogP contribution in [0, 0.1) is 5.92 Å². The van der Waals surface area contributed by atoms with E-state index in [9.17, 15) is 9.59 Å². The first-order chi connectivity index (χ1) is 7.46. The second-order valence-electron chi connectivity index (χ2n) is 4.65. The molecule has 1 amide bonds. The van der Waals surface area contributed by atoms with Crippen LogP contribution in [0.25, 0.3) is 0 Å². The van der Waals surface area contributed by atoms with Crippen LogP contribution in [0.3, 0.4) is 0 Å². The molecule has 1 saturated carbocycles. The lowest BCUT2D eigenvalue weighted by atomic mass is 9.77. The highest BCUT2D eigenvalue weighted by Crippen LogP contribution is 2.28. The van der Waals surface area contributed by atoms with Crippen LogP contribution < -0.4 is 11.1 Å². The van der Waals surface area contributed by atoms with E-state index in [1.807, 2.05) is 0 Å². The van der Waals surface area contributed by atoms with Crippen molar-refractivity contribution in [3.8, 4) is 0 Å². The summed E-state index contributed by atoms with van der Waals surface area (Å²) >= 11 is 0. The smallest absolute Gasteiger partial charge is 0.306 e. The van der Waals surface area contributed by atoms with Crippen LogP contribution in [0.15, 0.2) is 0 Å². The summed E-state index contributed by atoms with van der Waals surface area (Å²) in [4.78, 5) is 22.1. The van der Waals surface area contributed by atoms with E-state index in [4.69, 9.17) is 10.8 Å². The van der Waals surface area contributed by atoms with Crippen molar-refractivity contribution in [2.24, 2.45) is 11.7 Å². The van der Waals surface area contributed by atoms with Crippen molar-refractivity contribution in [2.45, 2.75) is 44.6 Å². The molecular weight excluding hydrogens is 208 g/mol. The molecule has 5 nitrogen and oxygen atoms in total. The van der Waals surface area contributed by atoms with Crippen LogP contribution in [0.2, 0.25) is 0 Å². The molecule has 0 radical (unpaired) electrons. The van der Waals surface area contributed by atoms with Crippen LogP contribution in [0.5, 0.6) is 0 Å². The third-order valence-corrected chi connectivity index (χ3v) is 3.22. The van der Waals surface area contributed by atoms with E-state index in [2.05, 4.69) is 5.32 Å². The summed E-state index contributed by atoms with van der Waals surface area (Å²) < 4.78 is 0. The van der Waals surface area contributed by atoms with Crippen LogP contribution in [0.1, 0.15) is 39.0 Å². The Kier molecular flexibility index (Phi) is 4.29. The van der Waals surface area contributed by atoms with Crippen molar-refractivity contribution in [1.29, 1.82) is 0 Å². The summed E-state index contributed by atoms with van der Waals surface area (Å²) in [6, 6.07) is 0. The summed E-state index contributed by atoms with van der Waals surface area (Å²) in [5.74, 6) is -1.24. The average molecular weight is 228 g/mol. The third-order valence-electron chi connectivity index (χ3n) is 3.22. The van der Waals surface area contributed by atoms with Crippen molar-refractivity contribution in [3.63, 3.8) is 0 Å². The molecule has 0 heterocycles. The van der Waals surface area contributed by atoms with E-state index in [-0.39, 0.29) is 11.8 Å². The molecule has 1 rings (SSSR count). The number of carboxylic acid groups (broad SMARTS) is 1.